The summed E-state index contributed by atoms with van der Waals surface area (Å²) in [7, 11) is 0. The highest BCUT2D eigenvalue weighted by Crippen LogP contribution is 2.44. The molecule has 294 valence electrons. The zero-order valence-corrected chi connectivity index (χ0v) is 33.7. The first-order valence-corrected chi connectivity index (χ1v) is 21.1. The van der Waals surface area contributed by atoms with Crippen LogP contribution in [-0.4, -0.2) is 19.5 Å². The molecular formula is C57H34N4O2. The van der Waals surface area contributed by atoms with Gasteiger partial charge in [0.15, 0.2) is 17.5 Å². The molecule has 0 radical (unpaired) electrons. The summed E-state index contributed by atoms with van der Waals surface area (Å²) in [6.07, 6.45) is 0. The maximum atomic E-state index is 6.97. The molecule has 0 atom stereocenters. The van der Waals surface area contributed by atoms with Crippen molar-refractivity contribution in [3.8, 4) is 62.1 Å². The van der Waals surface area contributed by atoms with Crippen LogP contribution in [0.3, 0.4) is 0 Å². The summed E-state index contributed by atoms with van der Waals surface area (Å²) < 4.78 is 16.1. The van der Waals surface area contributed by atoms with E-state index in [1.54, 1.807) is 0 Å². The van der Waals surface area contributed by atoms with Gasteiger partial charge in [0.2, 0.25) is 0 Å². The minimum atomic E-state index is 0.546. The first kappa shape index (κ1) is 35.2. The standard InChI is InChI=1S/C57H34N4O2/c1-4-15-35(16-5-1)55-58-56(36-17-6-2-7-18-36)60-57(59-55)46-27-14-25-44-43-24-12-23-42(53(43)63-54(44)46)41-22-13-26-45-48-34-38(30-32-51(48)62-52(41)45)37-29-31-50-47(33-37)40-21-10-11-28-49(40)61(50)39-19-8-3-9-20-39/h1-34H. The van der Waals surface area contributed by atoms with Gasteiger partial charge in [-0.2, -0.15) is 0 Å². The molecule has 63 heavy (non-hydrogen) atoms. The molecule has 4 aromatic heterocycles. The molecule has 0 amide bonds. The average molecular weight is 807 g/mol. The highest BCUT2D eigenvalue weighted by Gasteiger charge is 2.22. The lowest BCUT2D eigenvalue weighted by Crippen LogP contribution is -2.00. The van der Waals surface area contributed by atoms with Crippen molar-refractivity contribution >= 4 is 65.7 Å². The maximum Gasteiger partial charge on any atom is 0.167 e. The summed E-state index contributed by atoms with van der Waals surface area (Å²) in [5, 5.41) is 6.55. The summed E-state index contributed by atoms with van der Waals surface area (Å²) in [6.45, 7) is 0. The van der Waals surface area contributed by atoms with Gasteiger partial charge in [-0.3, -0.25) is 0 Å². The molecule has 9 aromatic carbocycles. The van der Waals surface area contributed by atoms with Gasteiger partial charge >= 0.3 is 0 Å². The van der Waals surface area contributed by atoms with Crippen molar-refractivity contribution in [2.24, 2.45) is 0 Å². The molecule has 6 nitrogen and oxygen atoms in total. The van der Waals surface area contributed by atoms with Crippen LogP contribution in [0.25, 0.3) is 128 Å². The van der Waals surface area contributed by atoms with Gasteiger partial charge in [0, 0.05) is 60.3 Å². The van der Waals surface area contributed by atoms with Crippen LogP contribution in [0.1, 0.15) is 0 Å². The van der Waals surface area contributed by atoms with E-state index in [4.69, 9.17) is 23.8 Å². The SMILES string of the molecule is c1ccc(-c2nc(-c3ccccc3)nc(-c3cccc4c3oc3c(-c5cccc6c5oc5ccc(-c7ccc8c(c7)c7ccccc7n8-c7ccccc7)cc56)cccc34)n2)cc1. The number of benzene rings is 9. The number of hydrogen-bond donors (Lipinski definition) is 0. The fourth-order valence-electron chi connectivity index (χ4n) is 9.34. The Morgan fingerprint density at radius 2 is 0.778 bits per heavy atom. The lowest BCUT2D eigenvalue weighted by Gasteiger charge is -2.08. The molecule has 0 fully saturated rings. The Kier molecular flexibility index (Phi) is 7.80. The molecule has 0 saturated heterocycles. The van der Waals surface area contributed by atoms with Crippen LogP contribution in [0.4, 0.5) is 0 Å². The third-order valence-electron chi connectivity index (χ3n) is 12.3. The lowest BCUT2D eigenvalue weighted by molar-refractivity contribution is 0.665. The normalized spacial score (nSPS) is 11.8. The van der Waals surface area contributed by atoms with E-state index >= 15 is 0 Å². The van der Waals surface area contributed by atoms with Crippen molar-refractivity contribution in [2.75, 3.05) is 0 Å². The molecule has 0 bridgehead atoms. The fraction of sp³-hybridized carbons (Fsp3) is 0. The van der Waals surface area contributed by atoms with Crippen LogP contribution in [0, 0.1) is 0 Å². The second-order valence-electron chi connectivity index (χ2n) is 15.9. The van der Waals surface area contributed by atoms with Crippen LogP contribution in [0.15, 0.2) is 215 Å². The number of nitrogens with zero attached hydrogens (tertiary/aromatic N) is 4. The van der Waals surface area contributed by atoms with Gasteiger partial charge < -0.3 is 13.4 Å². The van der Waals surface area contributed by atoms with E-state index < -0.39 is 0 Å². The topological polar surface area (TPSA) is 69.9 Å². The molecule has 0 spiro atoms. The van der Waals surface area contributed by atoms with Gasteiger partial charge in [0.25, 0.3) is 0 Å². The van der Waals surface area contributed by atoms with E-state index in [-0.39, 0.29) is 0 Å². The number of hydrogen-bond acceptors (Lipinski definition) is 5. The number of rotatable bonds is 6. The largest absolute Gasteiger partial charge is 0.455 e. The number of fused-ring (bicyclic) bond motifs is 9. The Balaban J connectivity index is 0.942. The number of para-hydroxylation sites is 5. The summed E-state index contributed by atoms with van der Waals surface area (Å²) in [5.41, 5.74) is 13.5. The van der Waals surface area contributed by atoms with E-state index in [9.17, 15) is 0 Å². The Bertz CT molecular complexity index is 3850. The average Bonchev–Trinajstić information content (AvgIpc) is 4.04. The zero-order valence-electron chi connectivity index (χ0n) is 33.7. The van der Waals surface area contributed by atoms with Crippen molar-refractivity contribution in [1.82, 2.24) is 19.5 Å². The monoisotopic (exact) mass is 806 g/mol. The number of aromatic nitrogens is 4. The Morgan fingerprint density at radius 1 is 0.302 bits per heavy atom. The third-order valence-corrected chi connectivity index (χ3v) is 12.3. The third kappa shape index (κ3) is 5.62. The quantitative estimate of drug-likeness (QED) is 0.167. The highest BCUT2D eigenvalue weighted by molar-refractivity contribution is 6.17. The van der Waals surface area contributed by atoms with Crippen LogP contribution in [-0.2, 0) is 0 Å². The van der Waals surface area contributed by atoms with Crippen molar-refractivity contribution in [2.45, 2.75) is 0 Å². The van der Waals surface area contributed by atoms with Gasteiger partial charge in [0.05, 0.1) is 16.6 Å². The summed E-state index contributed by atoms with van der Waals surface area (Å²) in [5.74, 6) is 1.75. The Hall–Kier alpha value is -8.61. The van der Waals surface area contributed by atoms with Gasteiger partial charge in [0.1, 0.15) is 22.3 Å². The Labute approximate surface area is 361 Å². The predicted octanol–water partition coefficient (Wildman–Crippen LogP) is 15.1. The van der Waals surface area contributed by atoms with Crippen LogP contribution >= 0.6 is 0 Å². The van der Waals surface area contributed by atoms with Crippen LogP contribution < -0.4 is 0 Å². The van der Waals surface area contributed by atoms with Gasteiger partial charge in [-0.25, -0.2) is 15.0 Å². The summed E-state index contributed by atoms with van der Waals surface area (Å²) >= 11 is 0. The molecule has 4 heterocycles. The molecule has 13 rings (SSSR count). The molecule has 13 aromatic rings. The minimum absolute atomic E-state index is 0.546. The van der Waals surface area contributed by atoms with E-state index in [0.29, 0.717) is 17.5 Å². The molecule has 0 saturated carbocycles. The van der Waals surface area contributed by atoms with Crippen molar-refractivity contribution in [1.29, 1.82) is 0 Å². The molecule has 0 unspecified atom stereocenters. The highest BCUT2D eigenvalue weighted by atomic mass is 16.3. The van der Waals surface area contributed by atoms with Gasteiger partial charge in [-0.15, -0.1) is 0 Å². The summed E-state index contributed by atoms with van der Waals surface area (Å²) in [6, 6.07) is 71.5. The maximum absolute atomic E-state index is 6.97. The van der Waals surface area contributed by atoms with Crippen LogP contribution in [0.2, 0.25) is 0 Å². The number of furan rings is 2. The van der Waals surface area contributed by atoms with Crippen LogP contribution in [0.5, 0.6) is 0 Å². The second-order valence-corrected chi connectivity index (χ2v) is 15.9. The molecule has 0 aliphatic heterocycles. The van der Waals surface area contributed by atoms with E-state index in [0.717, 1.165) is 88.5 Å². The predicted molar refractivity (Wildman–Crippen MR) is 256 cm³/mol. The second kappa shape index (κ2) is 14.0. The van der Waals surface area contributed by atoms with Crippen molar-refractivity contribution < 1.29 is 8.83 Å². The first-order valence-electron chi connectivity index (χ1n) is 21.1. The first-order chi connectivity index (χ1) is 31.2. The van der Waals surface area contributed by atoms with Crippen molar-refractivity contribution in [3.05, 3.63) is 206 Å². The Morgan fingerprint density at radius 3 is 1.44 bits per heavy atom. The molecule has 0 N–H and O–H groups in total. The van der Waals surface area contributed by atoms with E-state index in [2.05, 4.69) is 138 Å². The lowest BCUT2D eigenvalue weighted by atomic mass is 9.98. The van der Waals surface area contributed by atoms with Gasteiger partial charge in [-0.05, 0) is 59.7 Å². The van der Waals surface area contributed by atoms with Gasteiger partial charge in [-0.1, -0.05) is 158 Å². The summed E-state index contributed by atoms with van der Waals surface area (Å²) in [4.78, 5) is 15.0. The molecule has 6 heteroatoms. The fourth-order valence-corrected chi connectivity index (χ4v) is 9.34. The smallest absolute Gasteiger partial charge is 0.167 e. The van der Waals surface area contributed by atoms with E-state index in [1.807, 2.05) is 72.8 Å². The molecule has 0 aliphatic rings. The van der Waals surface area contributed by atoms with Crippen molar-refractivity contribution in [3.63, 3.8) is 0 Å². The minimum Gasteiger partial charge on any atom is -0.455 e. The van der Waals surface area contributed by atoms with E-state index in [1.165, 1.54) is 21.8 Å². The zero-order chi connectivity index (χ0) is 41.4. The molecular weight excluding hydrogens is 773 g/mol. The molecule has 0 aliphatic carbocycles.